The first kappa shape index (κ1) is 23.4. The van der Waals surface area contributed by atoms with Crippen molar-refractivity contribution >= 4 is 22.7 Å². The molecule has 0 saturated carbocycles. The number of hydrogen-bond acceptors (Lipinski definition) is 6. The first-order valence-electron chi connectivity index (χ1n) is 10.7. The van der Waals surface area contributed by atoms with Crippen molar-refractivity contribution in [1.82, 2.24) is 4.57 Å². The van der Waals surface area contributed by atoms with Gasteiger partial charge in [-0.3, -0.25) is 9.36 Å². The molecule has 0 bridgehead atoms. The zero-order valence-corrected chi connectivity index (χ0v) is 19.5. The van der Waals surface area contributed by atoms with Gasteiger partial charge in [-0.25, -0.2) is 13.6 Å². The predicted molar refractivity (Wildman–Crippen MR) is 132 cm³/mol. The molecule has 0 radical (unpaired) electrons. The molecular formula is C27H17F2NO5S. The average molecular weight is 505 g/mol. The number of halogens is 2. The molecule has 2 aromatic heterocycles. The van der Waals surface area contributed by atoms with Crippen LogP contribution in [0, 0.1) is 11.6 Å². The van der Waals surface area contributed by atoms with E-state index in [1.165, 1.54) is 17.7 Å². The third kappa shape index (κ3) is 4.14. The van der Waals surface area contributed by atoms with Crippen molar-refractivity contribution in [3.05, 3.63) is 111 Å². The van der Waals surface area contributed by atoms with Crippen molar-refractivity contribution in [3.63, 3.8) is 0 Å². The van der Waals surface area contributed by atoms with E-state index in [0.29, 0.717) is 40.5 Å². The van der Waals surface area contributed by atoms with Gasteiger partial charge in [-0.15, -0.1) is 0 Å². The van der Waals surface area contributed by atoms with Gasteiger partial charge in [0.2, 0.25) is 0 Å². The summed E-state index contributed by atoms with van der Waals surface area (Å²) in [6, 6.07) is 20.0. The first-order valence-corrected chi connectivity index (χ1v) is 11.5. The van der Waals surface area contributed by atoms with Crippen LogP contribution in [0.2, 0.25) is 0 Å². The second-order valence-corrected chi connectivity index (χ2v) is 8.77. The number of benzene rings is 3. The molecule has 5 rings (SSSR count). The molecule has 0 aliphatic carbocycles. The molecule has 0 saturated heterocycles. The monoisotopic (exact) mass is 505 g/mol. The Morgan fingerprint density at radius 2 is 1.67 bits per heavy atom. The fourth-order valence-corrected chi connectivity index (χ4v) is 4.65. The van der Waals surface area contributed by atoms with Crippen molar-refractivity contribution in [2.45, 2.75) is 9.79 Å². The molecule has 0 fully saturated rings. The van der Waals surface area contributed by atoms with Crippen molar-refractivity contribution in [2.75, 3.05) is 7.11 Å². The van der Waals surface area contributed by atoms with Crippen LogP contribution in [0.5, 0.6) is 11.5 Å². The summed E-state index contributed by atoms with van der Waals surface area (Å²) in [6.07, 6.45) is 0. The van der Waals surface area contributed by atoms with Gasteiger partial charge in [0.15, 0.2) is 5.75 Å². The van der Waals surface area contributed by atoms with Crippen molar-refractivity contribution in [3.8, 4) is 28.4 Å². The summed E-state index contributed by atoms with van der Waals surface area (Å²) < 4.78 is 39.5. The van der Waals surface area contributed by atoms with E-state index in [2.05, 4.69) is 0 Å². The van der Waals surface area contributed by atoms with Gasteiger partial charge in [0.25, 0.3) is 5.56 Å². The molecule has 3 aromatic carbocycles. The highest BCUT2D eigenvalue weighted by atomic mass is 32.2. The molecule has 5 aromatic rings. The zero-order valence-electron chi connectivity index (χ0n) is 18.7. The number of methoxy groups -OCH3 is 1. The van der Waals surface area contributed by atoms with Crippen molar-refractivity contribution in [1.29, 1.82) is 0 Å². The fourth-order valence-electron chi connectivity index (χ4n) is 3.81. The molecule has 0 unspecified atom stereocenters. The quantitative estimate of drug-likeness (QED) is 0.327. The molecule has 180 valence electrons. The second kappa shape index (κ2) is 9.35. The lowest BCUT2D eigenvalue weighted by Crippen LogP contribution is -2.21. The smallest absolute Gasteiger partial charge is 0.354 e. The summed E-state index contributed by atoms with van der Waals surface area (Å²) in [5.74, 6) is -1.78. The van der Waals surface area contributed by atoms with E-state index < -0.39 is 28.6 Å². The Morgan fingerprint density at radius 3 is 2.33 bits per heavy atom. The highest BCUT2D eigenvalue weighted by Gasteiger charge is 2.23. The standard InChI is InChI=1S/C27H17F2NO5S/c1-34-18-10-8-17(9-11-18)30-20(15-5-3-2-4-6-15)14-21-23(26(30)32)24(31)25(27(33)35-21)36-22-12-7-16(28)13-19(22)29/h2-14,31H,1H3. The lowest BCUT2D eigenvalue weighted by atomic mass is 10.1. The SMILES string of the molecule is COc1ccc(-n2c(-c3ccccc3)cc3oc(=O)c(Sc4ccc(F)cc4F)c(O)c3c2=O)cc1. The highest BCUT2D eigenvalue weighted by molar-refractivity contribution is 7.99. The van der Waals surface area contributed by atoms with E-state index in [1.807, 2.05) is 6.07 Å². The number of rotatable bonds is 5. The van der Waals surface area contributed by atoms with Gasteiger partial charge in [0.05, 0.1) is 12.8 Å². The average Bonchev–Trinajstić information content (AvgIpc) is 2.88. The minimum absolute atomic E-state index is 0.116. The van der Waals surface area contributed by atoms with Crippen molar-refractivity contribution < 1.29 is 23.0 Å². The van der Waals surface area contributed by atoms with E-state index in [-0.39, 0.29) is 20.8 Å². The van der Waals surface area contributed by atoms with Crippen LogP contribution in [0.1, 0.15) is 0 Å². The van der Waals surface area contributed by atoms with Gasteiger partial charge in [-0.1, -0.05) is 42.1 Å². The fraction of sp³-hybridized carbons (Fsp3) is 0.0370. The Hall–Kier alpha value is -4.37. The molecule has 9 heteroatoms. The third-order valence-electron chi connectivity index (χ3n) is 5.52. The molecule has 1 N–H and O–H groups in total. The topological polar surface area (TPSA) is 81.7 Å². The van der Waals surface area contributed by atoms with E-state index in [0.717, 1.165) is 12.1 Å². The van der Waals surface area contributed by atoms with E-state index in [9.17, 15) is 23.5 Å². The summed E-state index contributed by atoms with van der Waals surface area (Å²) in [7, 11) is 1.52. The van der Waals surface area contributed by atoms with Gasteiger partial charge in [-0.2, -0.15) is 0 Å². The number of pyridine rings is 1. The summed E-state index contributed by atoms with van der Waals surface area (Å²) >= 11 is 0.544. The number of aromatic nitrogens is 1. The Morgan fingerprint density at radius 1 is 0.944 bits per heavy atom. The maximum atomic E-state index is 14.2. The summed E-state index contributed by atoms with van der Waals surface area (Å²) in [5, 5.41) is 10.8. The van der Waals surface area contributed by atoms with E-state index in [1.54, 1.807) is 48.5 Å². The molecular weight excluding hydrogens is 488 g/mol. The van der Waals surface area contributed by atoms with Crippen LogP contribution < -0.4 is 15.9 Å². The maximum Gasteiger partial charge on any atom is 0.354 e. The second-order valence-electron chi connectivity index (χ2n) is 7.72. The molecule has 36 heavy (non-hydrogen) atoms. The zero-order chi connectivity index (χ0) is 25.4. The number of hydrogen-bond donors (Lipinski definition) is 1. The minimum Gasteiger partial charge on any atom is -0.505 e. The molecule has 0 aliphatic heterocycles. The summed E-state index contributed by atoms with van der Waals surface area (Å²) in [6.45, 7) is 0. The summed E-state index contributed by atoms with van der Waals surface area (Å²) in [4.78, 5) is 26.1. The molecule has 2 heterocycles. The predicted octanol–water partition coefficient (Wildman–Crippen LogP) is 5.75. The Kier molecular flexibility index (Phi) is 6.07. The number of aromatic hydroxyl groups is 1. The first-order chi connectivity index (χ1) is 17.4. The number of fused-ring (bicyclic) bond motifs is 1. The van der Waals surface area contributed by atoms with Crippen LogP contribution in [-0.4, -0.2) is 16.8 Å². The van der Waals surface area contributed by atoms with E-state index in [4.69, 9.17) is 9.15 Å². The largest absolute Gasteiger partial charge is 0.505 e. The molecule has 0 spiro atoms. The van der Waals surface area contributed by atoms with Crippen LogP contribution in [0.15, 0.2) is 103 Å². The molecule has 0 atom stereocenters. The van der Waals surface area contributed by atoms with Crippen LogP contribution in [0.3, 0.4) is 0 Å². The van der Waals surface area contributed by atoms with Gasteiger partial charge < -0.3 is 14.3 Å². The number of ether oxygens (including phenoxy) is 1. The molecule has 0 amide bonds. The van der Waals surface area contributed by atoms with Gasteiger partial charge >= 0.3 is 5.63 Å². The normalized spacial score (nSPS) is 11.1. The van der Waals surface area contributed by atoms with Crippen LogP contribution in [0.4, 0.5) is 8.78 Å². The summed E-state index contributed by atoms with van der Waals surface area (Å²) in [5.41, 5.74) is -0.179. The molecule has 0 aliphatic rings. The lowest BCUT2D eigenvalue weighted by Gasteiger charge is -2.16. The minimum atomic E-state index is -0.964. The Bertz CT molecular complexity index is 1710. The maximum absolute atomic E-state index is 14.2. The van der Waals surface area contributed by atoms with E-state index >= 15 is 0 Å². The van der Waals surface area contributed by atoms with Crippen LogP contribution >= 0.6 is 11.8 Å². The van der Waals surface area contributed by atoms with Gasteiger partial charge in [0, 0.05) is 22.7 Å². The van der Waals surface area contributed by atoms with Gasteiger partial charge in [-0.05, 0) is 42.0 Å². The lowest BCUT2D eigenvalue weighted by molar-refractivity contribution is 0.414. The third-order valence-corrected chi connectivity index (χ3v) is 6.63. The Balaban J connectivity index is 1.79. The molecule has 6 nitrogen and oxygen atoms in total. The van der Waals surface area contributed by atoms with Crippen LogP contribution in [0.25, 0.3) is 27.9 Å². The van der Waals surface area contributed by atoms with Gasteiger partial charge in [0.1, 0.15) is 33.2 Å². The highest BCUT2D eigenvalue weighted by Crippen LogP contribution is 2.37. The Labute approximate surface area is 207 Å². The van der Waals surface area contributed by atoms with Crippen molar-refractivity contribution in [2.24, 2.45) is 0 Å². The number of nitrogens with zero attached hydrogens (tertiary/aromatic N) is 1. The van der Waals surface area contributed by atoms with Crippen LogP contribution in [-0.2, 0) is 0 Å².